The number of phenolic OH excluding ortho intramolecular Hbond substituents is 1. The number of hydrogen-bond acceptors (Lipinski definition) is 8. The average molecular weight is 450 g/mol. The Kier molecular flexibility index (Phi) is 5.29. The third-order valence-electron chi connectivity index (χ3n) is 5.82. The van der Waals surface area contributed by atoms with Gasteiger partial charge in [-0.05, 0) is 37.1 Å². The van der Waals surface area contributed by atoms with Gasteiger partial charge in [0.15, 0.2) is 5.65 Å². The zero-order valence-electron chi connectivity index (χ0n) is 17.9. The maximum Gasteiger partial charge on any atom is 0.327 e. The summed E-state index contributed by atoms with van der Waals surface area (Å²) in [5.74, 6) is 0.725. The number of carbonyl (C=O) groups is 1. The Morgan fingerprint density at radius 2 is 2.09 bits per heavy atom. The summed E-state index contributed by atoms with van der Waals surface area (Å²) in [5.41, 5.74) is 1.65. The van der Waals surface area contributed by atoms with E-state index in [9.17, 15) is 14.7 Å². The monoisotopic (exact) mass is 450 g/mol. The number of phenols is 1. The van der Waals surface area contributed by atoms with Gasteiger partial charge < -0.3 is 19.2 Å². The number of H-pyrrole nitrogens is 1. The van der Waals surface area contributed by atoms with Crippen molar-refractivity contribution >= 4 is 17.1 Å². The number of fused-ring (bicyclic) bond motifs is 1. The van der Waals surface area contributed by atoms with Gasteiger partial charge in [0, 0.05) is 37.0 Å². The summed E-state index contributed by atoms with van der Waals surface area (Å²) >= 11 is 0. The van der Waals surface area contributed by atoms with E-state index in [0.717, 1.165) is 5.52 Å². The number of aromatic nitrogens is 5. The molecule has 0 unspecified atom stereocenters. The van der Waals surface area contributed by atoms with Crippen LogP contribution in [0.4, 0.5) is 0 Å². The van der Waals surface area contributed by atoms with Gasteiger partial charge in [-0.15, -0.1) is 10.2 Å². The molecule has 11 nitrogen and oxygen atoms in total. The predicted molar refractivity (Wildman–Crippen MR) is 117 cm³/mol. The fourth-order valence-corrected chi connectivity index (χ4v) is 4.20. The lowest BCUT2D eigenvalue weighted by Gasteiger charge is -2.32. The number of pyridine rings is 1. The Balaban J connectivity index is 1.24. The van der Waals surface area contributed by atoms with E-state index in [1.165, 1.54) is 19.2 Å². The number of amides is 1. The van der Waals surface area contributed by atoms with Crippen molar-refractivity contribution in [2.45, 2.75) is 25.3 Å². The minimum atomic E-state index is -0.185. The van der Waals surface area contributed by atoms with Crippen molar-refractivity contribution in [3.05, 3.63) is 52.9 Å². The lowest BCUT2D eigenvalue weighted by atomic mass is 10.0. The third kappa shape index (κ3) is 4.04. The number of likely N-dealkylation sites (tertiary alicyclic amines) is 1. The van der Waals surface area contributed by atoms with Crippen molar-refractivity contribution in [3.63, 3.8) is 0 Å². The van der Waals surface area contributed by atoms with Crippen molar-refractivity contribution in [1.82, 2.24) is 29.6 Å². The summed E-state index contributed by atoms with van der Waals surface area (Å²) in [4.78, 5) is 33.9. The molecule has 0 spiro atoms. The fourth-order valence-electron chi connectivity index (χ4n) is 4.20. The Bertz CT molecular complexity index is 1370. The molecule has 2 N–H and O–H groups in total. The molecule has 3 aromatic heterocycles. The molecule has 1 fully saturated rings. The maximum atomic E-state index is 12.8. The molecule has 0 radical (unpaired) electrons. The van der Waals surface area contributed by atoms with E-state index < -0.39 is 0 Å². The molecule has 4 heterocycles. The number of nitrogens with zero attached hydrogens (tertiary/aromatic N) is 5. The topological polar surface area (TPSA) is 139 Å². The summed E-state index contributed by atoms with van der Waals surface area (Å²) in [6, 6.07) is 8.27. The standard InChI is InChI=1S/C22H22N6O5/c1-32-16-10-13(9-15(29)11-16)21-26-25-18(33-21)12-19(30)27-7-4-14(5-8-27)28-17-3-2-6-23-20(17)24-22(28)31/h2-3,6,9-11,14,29H,4-5,7-8,12H2,1H3,(H,23,24,31). The van der Waals surface area contributed by atoms with Gasteiger partial charge in [0.2, 0.25) is 17.7 Å². The molecule has 0 aliphatic carbocycles. The fraction of sp³-hybridized carbons (Fsp3) is 0.318. The van der Waals surface area contributed by atoms with Crippen molar-refractivity contribution in [1.29, 1.82) is 0 Å². The number of ether oxygens (including phenoxy) is 1. The van der Waals surface area contributed by atoms with Crippen molar-refractivity contribution < 1.29 is 19.1 Å². The summed E-state index contributed by atoms with van der Waals surface area (Å²) in [6.45, 7) is 1.04. The first-order valence-corrected chi connectivity index (χ1v) is 10.6. The second-order valence-electron chi connectivity index (χ2n) is 7.88. The van der Waals surface area contributed by atoms with Gasteiger partial charge in [-0.3, -0.25) is 14.3 Å². The molecule has 0 atom stereocenters. The van der Waals surface area contributed by atoms with Gasteiger partial charge in [0.25, 0.3) is 0 Å². The molecule has 4 aromatic rings. The van der Waals surface area contributed by atoms with Gasteiger partial charge in [-0.2, -0.15) is 0 Å². The third-order valence-corrected chi connectivity index (χ3v) is 5.82. The van der Waals surface area contributed by atoms with Crippen LogP contribution in [-0.2, 0) is 11.2 Å². The van der Waals surface area contributed by atoms with E-state index in [0.29, 0.717) is 42.9 Å². The molecule has 1 aliphatic heterocycles. The van der Waals surface area contributed by atoms with E-state index >= 15 is 0 Å². The summed E-state index contributed by atoms with van der Waals surface area (Å²) < 4.78 is 12.5. The Labute approximate surface area is 187 Å². The lowest BCUT2D eigenvalue weighted by Crippen LogP contribution is -2.41. The van der Waals surface area contributed by atoms with Crippen LogP contribution >= 0.6 is 0 Å². The number of imidazole rings is 1. The van der Waals surface area contributed by atoms with Gasteiger partial charge in [0.05, 0.1) is 12.6 Å². The highest BCUT2D eigenvalue weighted by atomic mass is 16.5. The molecule has 1 saturated heterocycles. The summed E-state index contributed by atoms with van der Waals surface area (Å²) in [5, 5.41) is 17.8. The van der Waals surface area contributed by atoms with Crippen LogP contribution in [-0.4, -0.2) is 60.8 Å². The molecule has 0 bridgehead atoms. The molecule has 5 rings (SSSR count). The molecular formula is C22H22N6O5. The zero-order chi connectivity index (χ0) is 22.9. The van der Waals surface area contributed by atoms with E-state index in [-0.39, 0.29) is 41.6 Å². The number of methoxy groups -OCH3 is 1. The molecule has 1 aromatic carbocycles. The number of aromatic amines is 1. The molecule has 0 saturated carbocycles. The highest BCUT2D eigenvalue weighted by Crippen LogP contribution is 2.29. The smallest absolute Gasteiger partial charge is 0.327 e. The van der Waals surface area contributed by atoms with Crippen molar-refractivity contribution in [2.75, 3.05) is 20.2 Å². The predicted octanol–water partition coefficient (Wildman–Crippen LogP) is 1.89. The van der Waals surface area contributed by atoms with Gasteiger partial charge in [0.1, 0.15) is 17.9 Å². The van der Waals surface area contributed by atoms with Crippen LogP contribution in [0.1, 0.15) is 24.8 Å². The molecule has 1 amide bonds. The van der Waals surface area contributed by atoms with Crippen LogP contribution in [0.5, 0.6) is 11.5 Å². The van der Waals surface area contributed by atoms with Crippen LogP contribution in [0, 0.1) is 0 Å². The second-order valence-corrected chi connectivity index (χ2v) is 7.88. The first-order chi connectivity index (χ1) is 16.0. The van der Waals surface area contributed by atoms with Crippen molar-refractivity contribution in [2.24, 2.45) is 0 Å². The first-order valence-electron chi connectivity index (χ1n) is 10.6. The summed E-state index contributed by atoms with van der Waals surface area (Å²) in [6.07, 6.45) is 2.94. The normalized spacial score (nSPS) is 14.6. The van der Waals surface area contributed by atoms with Crippen LogP contribution in [0.2, 0.25) is 0 Å². The SMILES string of the molecule is COc1cc(O)cc(-c2nnc(CC(=O)N3CCC(n4c(=O)[nH]c5ncccc54)CC3)o2)c1. The minimum Gasteiger partial charge on any atom is -0.508 e. The quantitative estimate of drug-likeness (QED) is 0.470. The average Bonchev–Trinajstić information content (AvgIpc) is 3.42. The Hall–Kier alpha value is -4.15. The first kappa shape index (κ1) is 20.7. The van der Waals surface area contributed by atoms with E-state index in [4.69, 9.17) is 9.15 Å². The van der Waals surface area contributed by atoms with Crippen molar-refractivity contribution in [3.8, 4) is 23.0 Å². The maximum absolute atomic E-state index is 12.8. The second kappa shape index (κ2) is 8.41. The van der Waals surface area contributed by atoms with Gasteiger partial charge >= 0.3 is 5.69 Å². The van der Waals surface area contributed by atoms with E-state index in [2.05, 4.69) is 20.2 Å². The highest BCUT2D eigenvalue weighted by Gasteiger charge is 2.27. The lowest BCUT2D eigenvalue weighted by molar-refractivity contribution is -0.132. The van der Waals surface area contributed by atoms with Gasteiger partial charge in [-0.1, -0.05) is 0 Å². The number of hydrogen-bond donors (Lipinski definition) is 2. The number of benzene rings is 1. The van der Waals surface area contributed by atoms with Crippen LogP contribution < -0.4 is 10.4 Å². The zero-order valence-corrected chi connectivity index (χ0v) is 17.9. The number of carbonyl (C=O) groups excluding carboxylic acids is 1. The Morgan fingerprint density at radius 1 is 1.27 bits per heavy atom. The highest BCUT2D eigenvalue weighted by molar-refractivity contribution is 5.78. The molecule has 11 heteroatoms. The molecular weight excluding hydrogens is 428 g/mol. The van der Waals surface area contributed by atoms with Crippen LogP contribution in [0.3, 0.4) is 0 Å². The van der Waals surface area contributed by atoms with Crippen LogP contribution in [0.15, 0.2) is 45.7 Å². The number of nitrogens with one attached hydrogen (secondary N) is 1. The molecule has 1 aliphatic rings. The number of rotatable bonds is 5. The van der Waals surface area contributed by atoms with Gasteiger partial charge in [-0.25, -0.2) is 9.78 Å². The molecule has 170 valence electrons. The largest absolute Gasteiger partial charge is 0.508 e. The van der Waals surface area contributed by atoms with E-state index in [1.54, 1.807) is 27.8 Å². The van der Waals surface area contributed by atoms with Crippen LogP contribution in [0.25, 0.3) is 22.6 Å². The van der Waals surface area contributed by atoms with E-state index in [1.807, 2.05) is 6.07 Å². The summed E-state index contributed by atoms with van der Waals surface area (Å²) in [7, 11) is 1.49. The molecule has 33 heavy (non-hydrogen) atoms. The minimum absolute atomic E-state index is 0.00440. The Morgan fingerprint density at radius 3 is 2.88 bits per heavy atom. The number of piperidine rings is 1. The number of aromatic hydroxyl groups is 1.